The van der Waals surface area contributed by atoms with Crippen molar-refractivity contribution in [3.05, 3.63) is 59.1 Å². The zero-order valence-electron chi connectivity index (χ0n) is 18.2. The number of hydrogen-bond donors (Lipinski definition) is 3. The molecule has 6 heteroatoms. The van der Waals surface area contributed by atoms with Crippen LogP contribution in [0.15, 0.2) is 48.5 Å². The molecule has 0 atom stereocenters. The summed E-state index contributed by atoms with van der Waals surface area (Å²) in [6, 6.07) is 16.1. The Kier molecular flexibility index (Phi) is 6.83. The molecule has 31 heavy (non-hydrogen) atoms. The Morgan fingerprint density at radius 3 is 2.58 bits per heavy atom. The number of anilines is 2. The fourth-order valence-corrected chi connectivity index (χ4v) is 4.65. The van der Waals surface area contributed by atoms with Gasteiger partial charge in [-0.05, 0) is 61.9 Å². The molecule has 0 aliphatic heterocycles. The molecule has 3 aromatic rings. The van der Waals surface area contributed by atoms with Crippen LogP contribution in [0.2, 0.25) is 5.02 Å². The van der Waals surface area contributed by atoms with Crippen LogP contribution in [-0.4, -0.2) is 36.8 Å². The van der Waals surface area contributed by atoms with E-state index in [1.54, 1.807) is 12.1 Å². The molecule has 1 aliphatic rings. The first-order valence-electron chi connectivity index (χ1n) is 11.0. The summed E-state index contributed by atoms with van der Waals surface area (Å²) in [4.78, 5) is 7.00. The van der Waals surface area contributed by atoms with Crippen LogP contribution >= 0.6 is 11.6 Å². The highest BCUT2D eigenvalue weighted by Gasteiger charge is 2.21. The number of para-hydroxylation sites is 1. The minimum absolute atomic E-state index is 0.207. The summed E-state index contributed by atoms with van der Waals surface area (Å²) in [5.41, 5.74) is 3.25. The van der Waals surface area contributed by atoms with Crippen molar-refractivity contribution in [2.24, 2.45) is 5.92 Å². The van der Waals surface area contributed by atoms with Gasteiger partial charge in [0.2, 0.25) is 0 Å². The number of phenolic OH excluding ortho intramolecular Hbond substituents is 1. The predicted octanol–water partition coefficient (Wildman–Crippen LogP) is 5.42. The van der Waals surface area contributed by atoms with Gasteiger partial charge in [-0.2, -0.15) is 0 Å². The molecule has 1 fully saturated rings. The summed E-state index contributed by atoms with van der Waals surface area (Å²) in [6.07, 6.45) is 4.69. The number of aromatic nitrogens is 1. The highest BCUT2D eigenvalue weighted by molar-refractivity contribution is 6.31. The number of hydrogen-bond acceptors (Lipinski definition) is 5. The monoisotopic (exact) mass is 438 g/mol. The molecule has 0 unspecified atom stereocenters. The molecule has 5 nitrogen and oxygen atoms in total. The molecule has 0 saturated heterocycles. The lowest BCUT2D eigenvalue weighted by Crippen LogP contribution is -2.31. The number of rotatable bonds is 7. The van der Waals surface area contributed by atoms with Crippen molar-refractivity contribution in [3.8, 4) is 5.75 Å². The van der Waals surface area contributed by atoms with Gasteiger partial charge in [0.05, 0.1) is 5.52 Å². The number of phenols is 1. The maximum absolute atomic E-state index is 9.47. The van der Waals surface area contributed by atoms with Crippen molar-refractivity contribution in [1.29, 1.82) is 0 Å². The summed E-state index contributed by atoms with van der Waals surface area (Å²) < 4.78 is 0. The van der Waals surface area contributed by atoms with E-state index < -0.39 is 0 Å². The van der Waals surface area contributed by atoms with Gasteiger partial charge in [-0.25, -0.2) is 4.98 Å². The topological polar surface area (TPSA) is 60.4 Å². The van der Waals surface area contributed by atoms with Crippen molar-refractivity contribution in [2.75, 3.05) is 30.9 Å². The van der Waals surface area contributed by atoms with Gasteiger partial charge in [0, 0.05) is 48.8 Å². The Bertz CT molecular complexity index is 1030. The Morgan fingerprint density at radius 1 is 1.06 bits per heavy atom. The average molecular weight is 439 g/mol. The van der Waals surface area contributed by atoms with E-state index in [9.17, 15) is 5.11 Å². The first-order chi connectivity index (χ1) is 15.0. The Balaban J connectivity index is 1.29. The largest absolute Gasteiger partial charge is 0.508 e. The maximum atomic E-state index is 9.47. The van der Waals surface area contributed by atoms with Crippen LogP contribution in [0, 0.1) is 5.92 Å². The Hall–Kier alpha value is -2.50. The van der Waals surface area contributed by atoms with Crippen LogP contribution in [0.4, 0.5) is 11.5 Å². The molecule has 3 N–H and O–H groups in total. The third kappa shape index (κ3) is 5.41. The standard InChI is InChI=1S/C25H31ClN4O/c1-30(2)24-14-25(29-23-6-4-3-5-21(23)24)28-19-10-7-17(8-11-19)15-27-16-18-9-12-20(31)13-22(18)26/h3-6,9,12-14,17,19,27,31H,7-8,10-11,15-16H2,1-2H3,(H,28,29). The lowest BCUT2D eigenvalue weighted by molar-refractivity contribution is 0.324. The summed E-state index contributed by atoms with van der Waals surface area (Å²) in [5.74, 6) is 1.85. The van der Waals surface area contributed by atoms with E-state index in [0.717, 1.165) is 42.8 Å². The number of pyridine rings is 1. The average Bonchev–Trinajstić information content (AvgIpc) is 2.76. The highest BCUT2D eigenvalue weighted by Crippen LogP contribution is 2.30. The van der Waals surface area contributed by atoms with Gasteiger partial charge in [0.1, 0.15) is 11.6 Å². The van der Waals surface area contributed by atoms with Crippen LogP contribution in [0.3, 0.4) is 0 Å². The van der Waals surface area contributed by atoms with E-state index in [1.807, 2.05) is 12.1 Å². The SMILES string of the molecule is CN(C)c1cc(NC2CCC(CNCc3ccc(O)cc3Cl)CC2)nc2ccccc12. The van der Waals surface area contributed by atoms with E-state index in [-0.39, 0.29) is 5.75 Å². The van der Waals surface area contributed by atoms with E-state index in [0.29, 0.717) is 17.0 Å². The van der Waals surface area contributed by atoms with Crippen LogP contribution in [-0.2, 0) is 6.54 Å². The molecule has 0 bridgehead atoms. The fourth-order valence-electron chi connectivity index (χ4n) is 4.41. The van der Waals surface area contributed by atoms with Gasteiger partial charge in [0.15, 0.2) is 0 Å². The van der Waals surface area contributed by atoms with E-state index >= 15 is 0 Å². The quantitative estimate of drug-likeness (QED) is 0.459. The third-order valence-electron chi connectivity index (χ3n) is 6.16. The van der Waals surface area contributed by atoms with E-state index in [2.05, 4.69) is 53.9 Å². The normalized spacial score (nSPS) is 18.8. The number of nitrogens with one attached hydrogen (secondary N) is 2. The van der Waals surface area contributed by atoms with Crippen LogP contribution in [0.1, 0.15) is 31.2 Å². The molecule has 0 radical (unpaired) electrons. The summed E-state index contributed by atoms with van der Waals surface area (Å²) in [5, 5.41) is 18.5. The minimum Gasteiger partial charge on any atom is -0.508 e. The molecule has 164 valence electrons. The van der Waals surface area contributed by atoms with Crippen molar-refractivity contribution >= 4 is 34.0 Å². The highest BCUT2D eigenvalue weighted by atomic mass is 35.5. The first kappa shape index (κ1) is 21.7. The fraction of sp³-hybridized carbons (Fsp3) is 0.400. The zero-order valence-corrected chi connectivity index (χ0v) is 19.0. The van der Waals surface area contributed by atoms with Crippen LogP contribution in [0.25, 0.3) is 10.9 Å². The second-order valence-electron chi connectivity index (χ2n) is 8.71. The number of nitrogens with zero attached hydrogens (tertiary/aromatic N) is 2. The van der Waals surface area contributed by atoms with Gasteiger partial charge in [-0.1, -0.05) is 35.9 Å². The van der Waals surface area contributed by atoms with Crippen molar-refractivity contribution < 1.29 is 5.11 Å². The lowest BCUT2D eigenvalue weighted by Gasteiger charge is -2.30. The van der Waals surface area contributed by atoms with Gasteiger partial charge in [0.25, 0.3) is 0 Å². The number of aromatic hydroxyl groups is 1. The minimum atomic E-state index is 0.207. The first-order valence-corrected chi connectivity index (χ1v) is 11.4. The van der Waals surface area contributed by atoms with Gasteiger partial charge in [-0.3, -0.25) is 0 Å². The van der Waals surface area contributed by atoms with Gasteiger partial charge in [-0.15, -0.1) is 0 Å². The van der Waals surface area contributed by atoms with Crippen molar-refractivity contribution in [3.63, 3.8) is 0 Å². The molecular formula is C25H31ClN4O. The van der Waals surface area contributed by atoms with Crippen molar-refractivity contribution in [2.45, 2.75) is 38.3 Å². The molecule has 4 rings (SSSR count). The van der Waals surface area contributed by atoms with E-state index in [4.69, 9.17) is 16.6 Å². The second kappa shape index (κ2) is 9.75. The Morgan fingerprint density at radius 2 is 1.84 bits per heavy atom. The molecule has 1 saturated carbocycles. The van der Waals surface area contributed by atoms with Gasteiger partial charge < -0.3 is 20.6 Å². The third-order valence-corrected chi connectivity index (χ3v) is 6.51. The summed E-state index contributed by atoms with van der Waals surface area (Å²) >= 11 is 6.20. The second-order valence-corrected chi connectivity index (χ2v) is 9.11. The molecule has 1 aromatic heterocycles. The molecule has 2 aromatic carbocycles. The number of halogens is 1. The summed E-state index contributed by atoms with van der Waals surface area (Å²) in [6.45, 7) is 1.72. The molecule has 0 amide bonds. The molecule has 0 spiro atoms. The van der Waals surface area contributed by atoms with Crippen LogP contribution < -0.4 is 15.5 Å². The molecule has 1 heterocycles. The summed E-state index contributed by atoms with van der Waals surface area (Å²) in [7, 11) is 4.16. The predicted molar refractivity (Wildman–Crippen MR) is 130 cm³/mol. The van der Waals surface area contributed by atoms with Gasteiger partial charge >= 0.3 is 0 Å². The zero-order chi connectivity index (χ0) is 21.8. The maximum Gasteiger partial charge on any atom is 0.128 e. The molecular weight excluding hydrogens is 408 g/mol. The lowest BCUT2D eigenvalue weighted by atomic mass is 9.86. The number of benzene rings is 2. The smallest absolute Gasteiger partial charge is 0.128 e. The van der Waals surface area contributed by atoms with E-state index in [1.165, 1.54) is 23.9 Å². The molecule has 1 aliphatic carbocycles. The van der Waals surface area contributed by atoms with Crippen LogP contribution in [0.5, 0.6) is 5.75 Å². The number of fused-ring (bicyclic) bond motifs is 1. The Labute approximate surface area is 189 Å². The van der Waals surface area contributed by atoms with Crippen molar-refractivity contribution in [1.82, 2.24) is 10.3 Å².